The summed E-state index contributed by atoms with van der Waals surface area (Å²) < 4.78 is 27.0. The minimum absolute atomic E-state index is 0.0373. The summed E-state index contributed by atoms with van der Waals surface area (Å²) in [6.07, 6.45) is 2.04. The van der Waals surface area contributed by atoms with Crippen LogP contribution in [0.5, 0.6) is 0 Å². The third kappa shape index (κ3) is 5.65. The Morgan fingerprint density at radius 1 is 0.966 bits per heavy atom. The minimum atomic E-state index is -3.42. The fourth-order valence-electron chi connectivity index (χ4n) is 3.37. The van der Waals surface area contributed by atoms with Crippen LogP contribution in [0.2, 0.25) is 0 Å². The van der Waals surface area contributed by atoms with Gasteiger partial charge in [0.2, 0.25) is 10.0 Å². The molecule has 1 N–H and O–H groups in total. The molecule has 0 unspecified atom stereocenters. The lowest BCUT2D eigenvalue weighted by molar-refractivity contribution is 0.0953. The van der Waals surface area contributed by atoms with E-state index in [1.807, 2.05) is 30.3 Å². The first-order valence-electron chi connectivity index (χ1n) is 10.2. The number of hydrogen-bond donors (Lipinski definition) is 1. The van der Waals surface area contributed by atoms with E-state index in [9.17, 15) is 13.2 Å². The van der Waals surface area contributed by atoms with Gasteiger partial charge in [0.25, 0.3) is 5.91 Å². The molecule has 1 aliphatic rings. The Bertz CT molecular complexity index is 891. The van der Waals surface area contributed by atoms with Crippen LogP contribution >= 0.6 is 0 Å². The van der Waals surface area contributed by atoms with E-state index in [1.165, 1.54) is 0 Å². The average Bonchev–Trinajstić information content (AvgIpc) is 2.75. The van der Waals surface area contributed by atoms with E-state index in [0.29, 0.717) is 43.2 Å². The first-order chi connectivity index (χ1) is 14.0. The topological polar surface area (TPSA) is 69.7 Å². The molecule has 3 rings (SSSR count). The van der Waals surface area contributed by atoms with Crippen molar-refractivity contribution in [3.05, 3.63) is 65.7 Å². The highest BCUT2D eigenvalue weighted by molar-refractivity contribution is 7.89. The summed E-state index contributed by atoms with van der Waals surface area (Å²) >= 11 is 0. The van der Waals surface area contributed by atoms with E-state index >= 15 is 0 Å². The molecule has 1 fully saturated rings. The lowest BCUT2D eigenvalue weighted by Crippen LogP contribution is -2.48. The van der Waals surface area contributed by atoms with Gasteiger partial charge in [-0.3, -0.25) is 9.69 Å². The van der Waals surface area contributed by atoms with Gasteiger partial charge in [-0.25, -0.2) is 8.42 Å². The van der Waals surface area contributed by atoms with Crippen molar-refractivity contribution in [2.24, 2.45) is 0 Å². The van der Waals surface area contributed by atoms with Crippen LogP contribution in [0.25, 0.3) is 0 Å². The van der Waals surface area contributed by atoms with Crippen LogP contribution < -0.4 is 5.32 Å². The molecule has 1 aliphatic heterocycles. The van der Waals surface area contributed by atoms with E-state index in [2.05, 4.69) is 17.1 Å². The van der Waals surface area contributed by atoms with Gasteiger partial charge in [0.1, 0.15) is 0 Å². The zero-order valence-electron chi connectivity index (χ0n) is 16.9. The van der Waals surface area contributed by atoms with E-state index in [-0.39, 0.29) is 5.91 Å². The predicted molar refractivity (Wildman–Crippen MR) is 114 cm³/mol. The quantitative estimate of drug-likeness (QED) is 0.673. The summed E-state index contributed by atoms with van der Waals surface area (Å²) in [6.45, 7) is 5.88. The molecular weight excluding hydrogens is 386 g/mol. The molecule has 2 aromatic rings. The first-order valence-corrected chi connectivity index (χ1v) is 11.6. The molecule has 6 nitrogen and oxygen atoms in total. The van der Waals surface area contributed by atoms with E-state index in [1.54, 1.807) is 28.6 Å². The van der Waals surface area contributed by atoms with Crippen LogP contribution in [0, 0.1) is 0 Å². The number of carbonyl (C=O) groups is 1. The Labute approximate surface area is 173 Å². The smallest absolute Gasteiger partial charge is 0.251 e. The van der Waals surface area contributed by atoms with Gasteiger partial charge in [-0.05, 0) is 36.2 Å². The molecule has 0 saturated carbocycles. The third-order valence-electron chi connectivity index (χ3n) is 5.15. The molecule has 0 aliphatic carbocycles. The maximum atomic E-state index is 12.7. The number of amides is 1. The Kier molecular flexibility index (Phi) is 7.41. The van der Waals surface area contributed by atoms with Crippen molar-refractivity contribution >= 4 is 15.9 Å². The van der Waals surface area contributed by atoms with E-state index in [0.717, 1.165) is 24.9 Å². The van der Waals surface area contributed by atoms with Crippen molar-refractivity contribution in [1.29, 1.82) is 0 Å². The number of benzene rings is 2. The Balaban J connectivity index is 1.51. The Morgan fingerprint density at radius 3 is 2.24 bits per heavy atom. The lowest BCUT2D eigenvalue weighted by atomic mass is 10.1. The highest BCUT2D eigenvalue weighted by atomic mass is 32.2. The van der Waals surface area contributed by atoms with Crippen LogP contribution in [-0.2, 0) is 16.6 Å². The number of unbranched alkanes of at least 4 members (excludes halogenated alkanes) is 1. The SMILES string of the molecule is CCCCNC(=O)c1ccc(CN2CCN(S(=O)(=O)c3ccccc3)CC2)cc1. The van der Waals surface area contributed by atoms with Gasteiger partial charge >= 0.3 is 0 Å². The zero-order chi connectivity index (χ0) is 20.7. The molecule has 1 heterocycles. The fourth-order valence-corrected chi connectivity index (χ4v) is 4.81. The Morgan fingerprint density at radius 2 is 1.62 bits per heavy atom. The van der Waals surface area contributed by atoms with Crippen LogP contribution in [0.15, 0.2) is 59.5 Å². The molecule has 7 heteroatoms. The molecule has 0 bridgehead atoms. The number of hydrogen-bond acceptors (Lipinski definition) is 4. The monoisotopic (exact) mass is 415 g/mol. The molecule has 156 valence electrons. The van der Waals surface area contributed by atoms with Gasteiger partial charge in [-0.1, -0.05) is 43.7 Å². The number of nitrogens with zero attached hydrogens (tertiary/aromatic N) is 2. The van der Waals surface area contributed by atoms with Crippen LogP contribution in [0.1, 0.15) is 35.7 Å². The standard InChI is InChI=1S/C22H29N3O3S/c1-2-3-13-23-22(26)20-11-9-19(10-12-20)18-24-14-16-25(17-15-24)29(27,28)21-7-5-4-6-8-21/h4-12H,2-3,13-18H2,1H3,(H,23,26). The molecule has 1 saturated heterocycles. The molecule has 1 amide bonds. The minimum Gasteiger partial charge on any atom is -0.352 e. The molecule has 2 aromatic carbocycles. The lowest BCUT2D eigenvalue weighted by Gasteiger charge is -2.34. The van der Waals surface area contributed by atoms with Crippen LogP contribution in [-0.4, -0.2) is 56.3 Å². The second-order valence-electron chi connectivity index (χ2n) is 7.30. The van der Waals surface area contributed by atoms with Gasteiger partial charge in [0.15, 0.2) is 0 Å². The normalized spacial score (nSPS) is 15.9. The van der Waals surface area contributed by atoms with Gasteiger partial charge in [0, 0.05) is 44.8 Å². The van der Waals surface area contributed by atoms with E-state index in [4.69, 9.17) is 0 Å². The van der Waals surface area contributed by atoms with Gasteiger partial charge in [0.05, 0.1) is 4.90 Å². The number of carbonyl (C=O) groups excluding carboxylic acids is 1. The zero-order valence-corrected chi connectivity index (χ0v) is 17.7. The summed E-state index contributed by atoms with van der Waals surface area (Å²) in [7, 11) is -3.42. The van der Waals surface area contributed by atoms with Gasteiger partial charge in [-0.2, -0.15) is 4.31 Å². The number of sulfonamides is 1. The van der Waals surface area contributed by atoms with Crippen LogP contribution in [0.3, 0.4) is 0 Å². The van der Waals surface area contributed by atoms with Gasteiger partial charge < -0.3 is 5.32 Å². The first kappa shape index (κ1) is 21.5. The summed E-state index contributed by atoms with van der Waals surface area (Å²) in [5.41, 5.74) is 1.79. The average molecular weight is 416 g/mol. The largest absolute Gasteiger partial charge is 0.352 e. The number of nitrogens with one attached hydrogen (secondary N) is 1. The van der Waals surface area contributed by atoms with Crippen molar-refractivity contribution in [3.8, 4) is 0 Å². The van der Waals surface area contributed by atoms with E-state index < -0.39 is 10.0 Å². The van der Waals surface area contributed by atoms with Crippen molar-refractivity contribution in [1.82, 2.24) is 14.5 Å². The molecule has 0 aromatic heterocycles. The van der Waals surface area contributed by atoms with Crippen molar-refractivity contribution in [3.63, 3.8) is 0 Å². The van der Waals surface area contributed by atoms with Gasteiger partial charge in [-0.15, -0.1) is 0 Å². The maximum Gasteiger partial charge on any atom is 0.251 e. The summed E-state index contributed by atoms with van der Waals surface area (Å²) in [5, 5.41) is 2.92. The second kappa shape index (κ2) is 10.0. The molecule has 0 atom stereocenters. The van der Waals surface area contributed by atoms with Crippen molar-refractivity contribution < 1.29 is 13.2 Å². The second-order valence-corrected chi connectivity index (χ2v) is 9.24. The molecule has 29 heavy (non-hydrogen) atoms. The maximum absolute atomic E-state index is 12.7. The van der Waals surface area contributed by atoms with Crippen LogP contribution in [0.4, 0.5) is 0 Å². The Hall–Kier alpha value is -2.22. The predicted octanol–water partition coefficient (Wildman–Crippen LogP) is 2.72. The summed E-state index contributed by atoms with van der Waals surface area (Å²) in [5.74, 6) is -0.0373. The fraction of sp³-hybridized carbons (Fsp3) is 0.409. The summed E-state index contributed by atoms with van der Waals surface area (Å²) in [4.78, 5) is 14.7. The van der Waals surface area contributed by atoms with Crippen molar-refractivity contribution in [2.75, 3.05) is 32.7 Å². The molecule has 0 spiro atoms. The summed E-state index contributed by atoms with van der Waals surface area (Å²) in [6, 6.07) is 16.2. The van der Waals surface area contributed by atoms with Crippen molar-refractivity contribution in [2.45, 2.75) is 31.2 Å². The number of piperazine rings is 1. The molecule has 0 radical (unpaired) electrons. The highest BCUT2D eigenvalue weighted by Gasteiger charge is 2.28. The number of rotatable bonds is 8. The third-order valence-corrected chi connectivity index (χ3v) is 7.06. The highest BCUT2D eigenvalue weighted by Crippen LogP contribution is 2.18. The molecular formula is C22H29N3O3S.